The normalized spacial score (nSPS) is 19.6. The zero-order valence-corrected chi connectivity index (χ0v) is 15.6. The van der Waals surface area contributed by atoms with Crippen LogP contribution in [-0.2, 0) is 6.54 Å². The maximum atomic E-state index is 13.4. The second-order valence-corrected chi connectivity index (χ2v) is 7.19. The number of nitrogens with zero attached hydrogens (tertiary/aromatic N) is 4. The lowest BCUT2D eigenvalue weighted by Gasteiger charge is -2.34. The summed E-state index contributed by atoms with van der Waals surface area (Å²) in [5.41, 5.74) is 9.59. The van der Waals surface area contributed by atoms with E-state index in [1.54, 1.807) is 18.5 Å². The third-order valence-electron chi connectivity index (χ3n) is 5.40. The molecule has 0 amide bonds. The van der Waals surface area contributed by atoms with Gasteiger partial charge in [0.25, 0.3) is 0 Å². The number of aromatic nitrogens is 1. The first-order chi connectivity index (χ1) is 13.6. The molecule has 0 bridgehead atoms. The molecular formula is C20H24FN7. The smallest absolute Gasteiger partial charge is 0.146 e. The monoisotopic (exact) mass is 381 g/mol. The van der Waals surface area contributed by atoms with Gasteiger partial charge in [0.05, 0.1) is 17.1 Å². The zero-order valence-electron chi connectivity index (χ0n) is 15.6. The summed E-state index contributed by atoms with van der Waals surface area (Å²) in [6, 6.07) is 6.88. The standard InChI is InChI=1S/C20H24FN7/c1-24-18(19-15-4-7-25-20(15)26-12-28(19)23)14-5-8-27(9-6-14)11-13-2-3-16(21)17(22)10-13/h2-4,7,10,12,14,25H,1,5-6,8-9,11,22-23H2/b19-18-. The van der Waals surface area contributed by atoms with Gasteiger partial charge in [0.15, 0.2) is 0 Å². The van der Waals surface area contributed by atoms with Crippen LogP contribution >= 0.6 is 0 Å². The van der Waals surface area contributed by atoms with E-state index in [2.05, 4.69) is 26.6 Å². The van der Waals surface area contributed by atoms with E-state index in [-0.39, 0.29) is 17.4 Å². The predicted octanol–water partition coefficient (Wildman–Crippen LogP) is 2.87. The predicted molar refractivity (Wildman–Crippen MR) is 110 cm³/mol. The molecule has 1 aromatic carbocycles. The highest BCUT2D eigenvalue weighted by Crippen LogP contribution is 2.37. The number of hydrogen-bond donors (Lipinski definition) is 3. The molecule has 5 N–H and O–H groups in total. The van der Waals surface area contributed by atoms with Gasteiger partial charge in [0, 0.05) is 24.2 Å². The van der Waals surface area contributed by atoms with Crippen LogP contribution in [-0.4, -0.2) is 41.0 Å². The van der Waals surface area contributed by atoms with Crippen LogP contribution in [0.15, 0.2) is 46.1 Å². The number of benzene rings is 1. The second-order valence-electron chi connectivity index (χ2n) is 7.19. The van der Waals surface area contributed by atoms with Crippen molar-refractivity contribution in [3.8, 4) is 0 Å². The molecule has 0 spiro atoms. The Hall–Kier alpha value is -2.97. The lowest BCUT2D eigenvalue weighted by Crippen LogP contribution is -2.36. The number of H-pyrrole nitrogens is 1. The lowest BCUT2D eigenvalue weighted by molar-refractivity contribution is 0.190. The van der Waals surface area contributed by atoms with Gasteiger partial charge < -0.3 is 10.7 Å². The Morgan fingerprint density at radius 1 is 1.32 bits per heavy atom. The van der Waals surface area contributed by atoms with Gasteiger partial charge in [-0.1, -0.05) is 6.07 Å². The Labute approximate surface area is 163 Å². The van der Waals surface area contributed by atoms with Crippen LogP contribution < -0.4 is 11.6 Å². The molecule has 2 aliphatic heterocycles. The van der Waals surface area contributed by atoms with Crippen molar-refractivity contribution in [2.75, 3.05) is 18.8 Å². The third kappa shape index (κ3) is 3.44. The van der Waals surface area contributed by atoms with E-state index in [1.165, 1.54) is 11.1 Å². The van der Waals surface area contributed by atoms with Gasteiger partial charge in [-0.05, 0) is 56.4 Å². The minimum Gasteiger partial charge on any atom is -0.396 e. The van der Waals surface area contributed by atoms with E-state index >= 15 is 0 Å². The number of nitrogens with two attached hydrogens (primary N) is 2. The number of piperidine rings is 1. The number of hydrogen-bond acceptors (Lipinski definition) is 6. The number of aliphatic imine (C=N–C) groups is 2. The van der Waals surface area contributed by atoms with E-state index in [9.17, 15) is 4.39 Å². The maximum Gasteiger partial charge on any atom is 0.146 e. The fraction of sp³-hybridized carbons (Fsp3) is 0.300. The zero-order chi connectivity index (χ0) is 19.7. The van der Waals surface area contributed by atoms with Crippen molar-refractivity contribution in [1.82, 2.24) is 14.9 Å². The number of aromatic amines is 1. The lowest BCUT2D eigenvalue weighted by atomic mass is 9.90. The van der Waals surface area contributed by atoms with Crippen LogP contribution in [0.4, 0.5) is 15.9 Å². The number of allylic oxidation sites excluding steroid dienone is 1. The summed E-state index contributed by atoms with van der Waals surface area (Å²) in [5.74, 6) is 6.84. The molecule has 0 aliphatic carbocycles. The fourth-order valence-corrected chi connectivity index (χ4v) is 3.96. The number of nitrogens with one attached hydrogen (secondary N) is 1. The summed E-state index contributed by atoms with van der Waals surface area (Å²) in [6.07, 6.45) is 5.32. The third-order valence-corrected chi connectivity index (χ3v) is 5.40. The SMILES string of the molecule is C=N/C(=C1/c2cc[nH]c2N=CN1N)C1CCN(Cc2ccc(F)c(N)c2)CC1. The van der Waals surface area contributed by atoms with E-state index in [0.29, 0.717) is 0 Å². The number of rotatable bonds is 4. The Kier molecular flexibility index (Phi) is 4.97. The highest BCUT2D eigenvalue weighted by Gasteiger charge is 2.28. The Bertz CT molecular complexity index is 938. The number of fused-ring (bicyclic) bond motifs is 1. The molecule has 0 saturated carbocycles. The van der Waals surface area contributed by atoms with Crippen molar-refractivity contribution in [2.45, 2.75) is 19.4 Å². The molecule has 0 atom stereocenters. The van der Waals surface area contributed by atoms with E-state index < -0.39 is 0 Å². The molecular weight excluding hydrogens is 357 g/mol. The number of nitrogen functional groups attached to an aromatic ring is 1. The first-order valence-electron chi connectivity index (χ1n) is 9.30. The van der Waals surface area contributed by atoms with Gasteiger partial charge in [0.2, 0.25) is 0 Å². The van der Waals surface area contributed by atoms with E-state index in [0.717, 1.165) is 60.8 Å². The van der Waals surface area contributed by atoms with Crippen LogP contribution in [0.5, 0.6) is 0 Å². The summed E-state index contributed by atoms with van der Waals surface area (Å²) < 4.78 is 13.4. The highest BCUT2D eigenvalue weighted by atomic mass is 19.1. The van der Waals surface area contributed by atoms with Gasteiger partial charge in [-0.2, -0.15) is 0 Å². The maximum absolute atomic E-state index is 13.4. The summed E-state index contributed by atoms with van der Waals surface area (Å²) in [7, 11) is 0. The molecule has 2 aromatic rings. The molecule has 1 saturated heterocycles. The van der Waals surface area contributed by atoms with Gasteiger partial charge in [0.1, 0.15) is 18.0 Å². The van der Waals surface area contributed by atoms with E-state index in [4.69, 9.17) is 11.6 Å². The molecule has 8 heteroatoms. The average molecular weight is 381 g/mol. The molecule has 2 aliphatic rings. The van der Waals surface area contributed by atoms with Crippen molar-refractivity contribution >= 4 is 30.3 Å². The molecule has 0 radical (unpaired) electrons. The quantitative estimate of drug-likeness (QED) is 0.431. The molecule has 1 aromatic heterocycles. The summed E-state index contributed by atoms with van der Waals surface area (Å²) in [4.78, 5) is 14.1. The number of hydrazine groups is 1. The molecule has 28 heavy (non-hydrogen) atoms. The van der Waals surface area contributed by atoms with Gasteiger partial charge >= 0.3 is 0 Å². The van der Waals surface area contributed by atoms with Crippen molar-refractivity contribution in [3.63, 3.8) is 0 Å². The van der Waals surface area contributed by atoms with Crippen molar-refractivity contribution in [3.05, 3.63) is 53.1 Å². The molecule has 3 heterocycles. The second kappa shape index (κ2) is 7.57. The van der Waals surface area contributed by atoms with Crippen LogP contribution in [0.3, 0.4) is 0 Å². The molecule has 7 nitrogen and oxygen atoms in total. The number of halogens is 1. The van der Waals surface area contributed by atoms with Crippen LogP contribution in [0.25, 0.3) is 5.70 Å². The average Bonchev–Trinajstić information content (AvgIpc) is 3.17. The molecule has 1 fully saturated rings. The Balaban J connectivity index is 1.49. The molecule has 4 rings (SSSR count). The fourth-order valence-electron chi connectivity index (χ4n) is 3.96. The molecule has 0 unspecified atom stereocenters. The van der Waals surface area contributed by atoms with Gasteiger partial charge in [-0.25, -0.2) is 15.2 Å². The summed E-state index contributed by atoms with van der Waals surface area (Å²) in [6.45, 7) is 6.37. The summed E-state index contributed by atoms with van der Waals surface area (Å²) in [5, 5.41) is 1.52. The number of anilines is 1. The Morgan fingerprint density at radius 3 is 2.82 bits per heavy atom. The van der Waals surface area contributed by atoms with Crippen LogP contribution in [0.1, 0.15) is 24.0 Å². The van der Waals surface area contributed by atoms with Crippen molar-refractivity contribution in [2.24, 2.45) is 21.7 Å². The van der Waals surface area contributed by atoms with Gasteiger partial charge in [-0.15, -0.1) is 0 Å². The minimum atomic E-state index is -0.373. The van der Waals surface area contributed by atoms with Crippen molar-refractivity contribution in [1.29, 1.82) is 0 Å². The summed E-state index contributed by atoms with van der Waals surface area (Å²) >= 11 is 0. The molecule has 146 valence electrons. The minimum absolute atomic E-state index is 0.194. The Morgan fingerprint density at radius 2 is 2.11 bits per heavy atom. The topological polar surface area (TPSA) is 99.0 Å². The first kappa shape index (κ1) is 18.4. The van der Waals surface area contributed by atoms with Gasteiger partial charge in [-0.3, -0.25) is 14.9 Å². The van der Waals surface area contributed by atoms with Crippen LogP contribution in [0, 0.1) is 11.7 Å². The largest absolute Gasteiger partial charge is 0.396 e. The van der Waals surface area contributed by atoms with Crippen molar-refractivity contribution < 1.29 is 4.39 Å². The first-order valence-corrected chi connectivity index (χ1v) is 9.30. The highest BCUT2D eigenvalue weighted by molar-refractivity contribution is 5.87. The van der Waals surface area contributed by atoms with Crippen LogP contribution in [0.2, 0.25) is 0 Å². The number of likely N-dealkylation sites (tertiary alicyclic amines) is 1. The van der Waals surface area contributed by atoms with E-state index in [1.807, 2.05) is 12.3 Å².